The van der Waals surface area contributed by atoms with Gasteiger partial charge in [-0.2, -0.15) is 10.1 Å². The highest BCUT2D eigenvalue weighted by molar-refractivity contribution is 5.39. The van der Waals surface area contributed by atoms with E-state index in [1.807, 2.05) is 51.1 Å². The molecule has 1 aromatic carbocycles. The molecule has 2 aromatic heterocycles. The van der Waals surface area contributed by atoms with Gasteiger partial charge in [0.15, 0.2) is 0 Å². The highest BCUT2D eigenvalue weighted by Crippen LogP contribution is 2.13. The lowest BCUT2D eigenvalue weighted by Gasteiger charge is -2.09. The maximum atomic E-state index is 4.57. The quantitative estimate of drug-likeness (QED) is 0.802. The van der Waals surface area contributed by atoms with Gasteiger partial charge in [-0.3, -0.25) is 0 Å². The van der Waals surface area contributed by atoms with Crippen molar-refractivity contribution >= 4 is 5.82 Å². The van der Waals surface area contributed by atoms with Crippen molar-refractivity contribution in [1.29, 1.82) is 0 Å². The molecule has 5 heteroatoms. The molecule has 0 spiro atoms. The molecule has 112 valence electrons. The highest BCUT2D eigenvalue weighted by Gasteiger charge is 2.09. The highest BCUT2D eigenvalue weighted by atomic mass is 15.4. The van der Waals surface area contributed by atoms with Gasteiger partial charge >= 0.3 is 0 Å². The van der Waals surface area contributed by atoms with E-state index in [4.69, 9.17) is 0 Å². The zero-order valence-electron chi connectivity index (χ0n) is 13.0. The van der Waals surface area contributed by atoms with E-state index >= 15 is 0 Å². The fraction of sp³-hybridized carbons (Fsp3) is 0.235. The Morgan fingerprint density at radius 3 is 2.41 bits per heavy atom. The monoisotopic (exact) mass is 293 g/mol. The van der Waals surface area contributed by atoms with E-state index in [9.17, 15) is 0 Å². The van der Waals surface area contributed by atoms with Crippen molar-refractivity contribution in [3.8, 4) is 5.95 Å². The maximum absolute atomic E-state index is 4.57. The van der Waals surface area contributed by atoms with Crippen LogP contribution >= 0.6 is 0 Å². The van der Waals surface area contributed by atoms with Gasteiger partial charge in [-0.1, -0.05) is 30.3 Å². The zero-order valence-corrected chi connectivity index (χ0v) is 13.0. The molecular formula is C17H19N5. The summed E-state index contributed by atoms with van der Waals surface area (Å²) in [6, 6.07) is 14.2. The smallest absolute Gasteiger partial charge is 0.252 e. The van der Waals surface area contributed by atoms with Crippen molar-refractivity contribution in [2.45, 2.75) is 27.3 Å². The first-order valence-electron chi connectivity index (χ1n) is 7.29. The van der Waals surface area contributed by atoms with Gasteiger partial charge in [0, 0.05) is 24.0 Å². The lowest BCUT2D eigenvalue weighted by atomic mass is 10.2. The van der Waals surface area contributed by atoms with Crippen LogP contribution in [0.2, 0.25) is 0 Å². The Labute approximate surface area is 130 Å². The summed E-state index contributed by atoms with van der Waals surface area (Å²) < 4.78 is 1.77. The van der Waals surface area contributed by atoms with E-state index < -0.39 is 0 Å². The van der Waals surface area contributed by atoms with E-state index in [0.717, 1.165) is 29.4 Å². The van der Waals surface area contributed by atoms with Crippen LogP contribution in [0, 0.1) is 20.8 Å². The van der Waals surface area contributed by atoms with Crippen molar-refractivity contribution in [2.75, 3.05) is 5.32 Å². The van der Waals surface area contributed by atoms with Gasteiger partial charge in [-0.25, -0.2) is 9.67 Å². The molecule has 3 rings (SSSR count). The Morgan fingerprint density at radius 1 is 0.955 bits per heavy atom. The van der Waals surface area contributed by atoms with Crippen LogP contribution < -0.4 is 5.32 Å². The third-order valence-corrected chi connectivity index (χ3v) is 3.36. The largest absolute Gasteiger partial charge is 0.366 e. The minimum absolute atomic E-state index is 0.598. The van der Waals surface area contributed by atoms with E-state index in [0.29, 0.717) is 5.95 Å². The number of hydrogen-bond acceptors (Lipinski definition) is 4. The molecule has 1 N–H and O–H groups in total. The Hall–Kier alpha value is -2.69. The molecule has 0 unspecified atom stereocenters. The number of benzene rings is 1. The predicted octanol–water partition coefficient (Wildman–Crippen LogP) is 3.20. The van der Waals surface area contributed by atoms with E-state index in [2.05, 4.69) is 32.5 Å². The number of hydrogen-bond donors (Lipinski definition) is 1. The van der Waals surface area contributed by atoms with Gasteiger partial charge in [0.1, 0.15) is 5.82 Å². The summed E-state index contributed by atoms with van der Waals surface area (Å²) in [5, 5.41) is 7.79. The molecule has 0 radical (unpaired) electrons. The number of nitrogens with one attached hydrogen (secondary N) is 1. The summed E-state index contributed by atoms with van der Waals surface area (Å²) >= 11 is 0. The molecule has 0 amide bonds. The first-order chi connectivity index (χ1) is 10.6. The topological polar surface area (TPSA) is 55.6 Å². The molecular weight excluding hydrogens is 274 g/mol. The van der Waals surface area contributed by atoms with Crippen LogP contribution in [0.15, 0.2) is 42.5 Å². The third kappa shape index (κ3) is 3.14. The molecule has 0 aliphatic carbocycles. The zero-order chi connectivity index (χ0) is 15.5. The lowest BCUT2D eigenvalue weighted by Crippen LogP contribution is -2.09. The predicted molar refractivity (Wildman–Crippen MR) is 87.1 cm³/mol. The number of aromatic nitrogens is 4. The van der Waals surface area contributed by atoms with Gasteiger partial charge in [-0.15, -0.1) is 0 Å². The second-order valence-electron chi connectivity index (χ2n) is 5.37. The molecule has 0 saturated carbocycles. The first-order valence-corrected chi connectivity index (χ1v) is 7.29. The molecule has 0 aliphatic heterocycles. The van der Waals surface area contributed by atoms with E-state index in [-0.39, 0.29) is 0 Å². The van der Waals surface area contributed by atoms with Crippen LogP contribution in [0.3, 0.4) is 0 Å². The summed E-state index contributed by atoms with van der Waals surface area (Å²) in [7, 11) is 0. The molecule has 0 bridgehead atoms. The molecule has 22 heavy (non-hydrogen) atoms. The normalized spacial score (nSPS) is 10.7. The van der Waals surface area contributed by atoms with Crippen molar-refractivity contribution in [3.05, 3.63) is 65.1 Å². The molecule has 5 nitrogen and oxygen atoms in total. The van der Waals surface area contributed by atoms with Gasteiger partial charge in [0.05, 0.1) is 5.69 Å². The van der Waals surface area contributed by atoms with Gasteiger partial charge in [0.2, 0.25) is 0 Å². The Balaban J connectivity index is 1.85. The standard InChI is InChI=1S/C17H19N5/c1-12-10-16(18-11-15-7-5-4-6-8-15)20-17(19-12)22-14(3)9-13(2)21-22/h4-10H,11H2,1-3H3,(H,18,19,20). The molecule has 0 saturated heterocycles. The summed E-state index contributed by atoms with van der Waals surface area (Å²) in [6.45, 7) is 6.66. The van der Waals surface area contributed by atoms with Crippen LogP contribution in [-0.4, -0.2) is 19.7 Å². The second kappa shape index (κ2) is 5.97. The molecule has 0 fully saturated rings. The molecule has 0 atom stereocenters. The van der Waals surface area contributed by atoms with Crippen LogP contribution in [0.25, 0.3) is 5.95 Å². The fourth-order valence-electron chi connectivity index (χ4n) is 2.36. The number of aryl methyl sites for hydroxylation is 3. The minimum atomic E-state index is 0.598. The van der Waals surface area contributed by atoms with Crippen molar-refractivity contribution < 1.29 is 0 Å². The maximum Gasteiger partial charge on any atom is 0.252 e. The summed E-state index contributed by atoms with van der Waals surface area (Å²) in [5.74, 6) is 1.40. The summed E-state index contributed by atoms with van der Waals surface area (Å²) in [6.07, 6.45) is 0. The van der Waals surface area contributed by atoms with Crippen LogP contribution in [-0.2, 0) is 6.54 Å². The Kier molecular flexibility index (Phi) is 3.87. The molecule has 2 heterocycles. The van der Waals surface area contributed by atoms with E-state index in [1.165, 1.54) is 5.56 Å². The first kappa shape index (κ1) is 14.3. The molecule has 3 aromatic rings. The average molecular weight is 293 g/mol. The SMILES string of the molecule is Cc1cc(NCc2ccccc2)nc(-n2nc(C)cc2C)n1. The second-order valence-corrected chi connectivity index (χ2v) is 5.37. The molecule has 0 aliphatic rings. The number of nitrogens with zero attached hydrogens (tertiary/aromatic N) is 4. The lowest BCUT2D eigenvalue weighted by molar-refractivity contribution is 0.768. The Morgan fingerprint density at radius 2 is 1.73 bits per heavy atom. The minimum Gasteiger partial charge on any atom is -0.366 e. The van der Waals surface area contributed by atoms with Crippen molar-refractivity contribution in [1.82, 2.24) is 19.7 Å². The van der Waals surface area contributed by atoms with E-state index in [1.54, 1.807) is 4.68 Å². The van der Waals surface area contributed by atoms with Gasteiger partial charge in [0.25, 0.3) is 5.95 Å². The Bertz CT molecular complexity index is 777. The van der Waals surface area contributed by atoms with Crippen molar-refractivity contribution in [3.63, 3.8) is 0 Å². The number of anilines is 1. The summed E-state index contributed by atoms with van der Waals surface area (Å²) in [4.78, 5) is 9.05. The average Bonchev–Trinajstić information content (AvgIpc) is 2.84. The van der Waals surface area contributed by atoms with Crippen molar-refractivity contribution in [2.24, 2.45) is 0 Å². The van der Waals surface area contributed by atoms with Crippen LogP contribution in [0.5, 0.6) is 0 Å². The van der Waals surface area contributed by atoms with Crippen LogP contribution in [0.1, 0.15) is 22.6 Å². The van der Waals surface area contributed by atoms with Gasteiger partial charge < -0.3 is 5.32 Å². The van der Waals surface area contributed by atoms with Gasteiger partial charge in [-0.05, 0) is 32.4 Å². The van der Waals surface area contributed by atoms with Crippen LogP contribution in [0.4, 0.5) is 5.82 Å². The third-order valence-electron chi connectivity index (χ3n) is 3.36. The number of rotatable bonds is 4. The summed E-state index contributed by atoms with van der Waals surface area (Å²) in [5.41, 5.74) is 4.11. The fourth-order valence-corrected chi connectivity index (χ4v) is 2.36.